The average molecular weight is 466 g/mol. The summed E-state index contributed by atoms with van der Waals surface area (Å²) in [5.41, 5.74) is 0.565. The monoisotopic (exact) mass is 465 g/mol. The highest BCUT2D eigenvalue weighted by atomic mass is 32.2. The van der Waals surface area contributed by atoms with Gasteiger partial charge in [-0.25, -0.2) is 13.8 Å². The first kappa shape index (κ1) is 22.7. The molecule has 0 aliphatic rings. The molecule has 1 amide bonds. The predicted molar refractivity (Wildman–Crippen MR) is 127 cm³/mol. The minimum Gasteiger partial charge on any atom is -0.309 e. The van der Waals surface area contributed by atoms with Crippen LogP contribution in [0.15, 0.2) is 82.7 Å². The third kappa shape index (κ3) is 4.66. The molecular weight excluding hydrogens is 444 g/mol. The zero-order chi connectivity index (χ0) is 23.5. The Morgan fingerprint density at radius 1 is 1.03 bits per heavy atom. The molecule has 1 aromatic heterocycles. The number of amides is 1. The molecule has 0 aliphatic heterocycles. The fourth-order valence-electron chi connectivity index (χ4n) is 3.60. The molecule has 0 unspecified atom stereocenters. The summed E-state index contributed by atoms with van der Waals surface area (Å²) in [6, 6.07) is 18.9. The standard InChI is InChI=1S/C25H21F2N3O2S/c1-16(2)29(18-8-4-3-5-9-18)23(31)15-33-25-28-21-11-7-6-10-19(21)24(32)30(25)22-13-12-17(26)14-20(22)27/h3-14,16H,15H2,1-2H3. The summed E-state index contributed by atoms with van der Waals surface area (Å²) in [5, 5.41) is 0.444. The van der Waals surface area contributed by atoms with Gasteiger partial charge in [0.25, 0.3) is 5.56 Å². The molecule has 4 rings (SSSR count). The number of fused-ring (bicyclic) bond motifs is 1. The first-order chi connectivity index (χ1) is 15.9. The fourth-order valence-corrected chi connectivity index (χ4v) is 4.46. The molecule has 4 aromatic rings. The van der Waals surface area contributed by atoms with Gasteiger partial charge in [-0.2, -0.15) is 0 Å². The number of anilines is 1. The highest BCUT2D eigenvalue weighted by Gasteiger charge is 2.22. The molecule has 0 saturated carbocycles. The van der Waals surface area contributed by atoms with E-state index in [2.05, 4.69) is 4.98 Å². The van der Waals surface area contributed by atoms with E-state index in [1.807, 2.05) is 44.2 Å². The number of benzene rings is 3. The van der Waals surface area contributed by atoms with Crippen molar-refractivity contribution in [2.24, 2.45) is 0 Å². The Kier molecular flexibility index (Phi) is 6.55. The van der Waals surface area contributed by atoms with Gasteiger partial charge in [0.05, 0.1) is 22.3 Å². The second-order valence-corrected chi connectivity index (χ2v) is 8.57. The number of aromatic nitrogens is 2. The Morgan fingerprint density at radius 2 is 1.73 bits per heavy atom. The maximum atomic E-state index is 14.6. The van der Waals surface area contributed by atoms with Gasteiger partial charge in [0.2, 0.25) is 5.91 Å². The normalized spacial score (nSPS) is 11.2. The van der Waals surface area contributed by atoms with Crippen LogP contribution in [-0.2, 0) is 4.79 Å². The Bertz CT molecular complexity index is 1370. The zero-order valence-electron chi connectivity index (χ0n) is 18.0. The van der Waals surface area contributed by atoms with Gasteiger partial charge < -0.3 is 4.90 Å². The van der Waals surface area contributed by atoms with Crippen molar-refractivity contribution in [1.82, 2.24) is 9.55 Å². The molecule has 0 N–H and O–H groups in total. The number of hydrogen-bond donors (Lipinski definition) is 0. The van der Waals surface area contributed by atoms with Crippen LogP contribution in [-0.4, -0.2) is 27.3 Å². The summed E-state index contributed by atoms with van der Waals surface area (Å²) in [4.78, 5) is 32.6. The van der Waals surface area contributed by atoms with Crippen LogP contribution in [0.5, 0.6) is 0 Å². The van der Waals surface area contributed by atoms with Gasteiger partial charge in [-0.05, 0) is 50.2 Å². The molecule has 33 heavy (non-hydrogen) atoms. The third-order valence-electron chi connectivity index (χ3n) is 5.04. The number of carbonyl (C=O) groups excluding carboxylic acids is 1. The SMILES string of the molecule is CC(C)N(C(=O)CSc1nc2ccccc2c(=O)n1-c1ccc(F)cc1F)c1ccccc1. The predicted octanol–water partition coefficient (Wildman–Crippen LogP) is 5.20. The van der Waals surface area contributed by atoms with E-state index in [-0.39, 0.29) is 28.5 Å². The van der Waals surface area contributed by atoms with Gasteiger partial charge in [-0.3, -0.25) is 14.2 Å². The number of para-hydroxylation sites is 2. The fraction of sp³-hybridized carbons (Fsp3) is 0.160. The number of hydrogen-bond acceptors (Lipinski definition) is 4. The van der Waals surface area contributed by atoms with Crippen LogP contribution in [0, 0.1) is 11.6 Å². The average Bonchev–Trinajstić information content (AvgIpc) is 2.79. The number of thioether (sulfide) groups is 1. The maximum Gasteiger partial charge on any atom is 0.266 e. The van der Waals surface area contributed by atoms with Crippen molar-refractivity contribution >= 4 is 34.3 Å². The molecule has 0 aliphatic carbocycles. The Labute approximate surface area is 193 Å². The first-order valence-electron chi connectivity index (χ1n) is 10.3. The summed E-state index contributed by atoms with van der Waals surface area (Å²) in [5.74, 6) is -1.86. The minimum absolute atomic E-state index is 0.0271. The van der Waals surface area contributed by atoms with Gasteiger partial charge in [-0.15, -0.1) is 0 Å². The summed E-state index contributed by atoms with van der Waals surface area (Å²) in [6.45, 7) is 3.82. The Balaban J connectivity index is 1.75. The molecule has 0 atom stereocenters. The summed E-state index contributed by atoms with van der Waals surface area (Å²) >= 11 is 1.03. The minimum atomic E-state index is -0.893. The van der Waals surface area contributed by atoms with E-state index < -0.39 is 17.2 Å². The van der Waals surface area contributed by atoms with Crippen molar-refractivity contribution < 1.29 is 13.6 Å². The summed E-state index contributed by atoms with van der Waals surface area (Å²) < 4.78 is 29.2. The van der Waals surface area contributed by atoms with Crippen LogP contribution in [0.3, 0.4) is 0 Å². The number of rotatable bonds is 6. The van der Waals surface area contributed by atoms with Crippen molar-refractivity contribution in [2.75, 3.05) is 10.7 Å². The molecule has 0 bridgehead atoms. The molecule has 0 saturated heterocycles. The van der Waals surface area contributed by atoms with Crippen LogP contribution in [0.4, 0.5) is 14.5 Å². The topological polar surface area (TPSA) is 55.2 Å². The second kappa shape index (κ2) is 9.54. The van der Waals surface area contributed by atoms with Crippen LogP contribution >= 0.6 is 11.8 Å². The van der Waals surface area contributed by atoms with Gasteiger partial charge in [0.1, 0.15) is 11.6 Å². The van der Waals surface area contributed by atoms with Crippen molar-refractivity contribution in [3.63, 3.8) is 0 Å². The van der Waals surface area contributed by atoms with E-state index in [4.69, 9.17) is 0 Å². The molecule has 3 aromatic carbocycles. The van der Waals surface area contributed by atoms with E-state index in [1.165, 1.54) is 6.07 Å². The third-order valence-corrected chi connectivity index (χ3v) is 5.96. The van der Waals surface area contributed by atoms with E-state index in [1.54, 1.807) is 29.2 Å². The molecule has 168 valence electrons. The lowest BCUT2D eigenvalue weighted by Crippen LogP contribution is -2.38. The Morgan fingerprint density at radius 3 is 2.42 bits per heavy atom. The lowest BCUT2D eigenvalue weighted by Gasteiger charge is -2.27. The van der Waals surface area contributed by atoms with E-state index in [0.29, 0.717) is 17.0 Å². The molecule has 0 radical (unpaired) electrons. The molecule has 0 spiro atoms. The second-order valence-electron chi connectivity index (χ2n) is 7.63. The number of halogens is 2. The highest BCUT2D eigenvalue weighted by molar-refractivity contribution is 7.99. The molecule has 0 fully saturated rings. The molecule has 8 heteroatoms. The van der Waals surface area contributed by atoms with Gasteiger partial charge in [0.15, 0.2) is 5.16 Å². The molecule has 5 nitrogen and oxygen atoms in total. The first-order valence-corrected chi connectivity index (χ1v) is 11.3. The number of nitrogens with zero attached hydrogens (tertiary/aromatic N) is 3. The van der Waals surface area contributed by atoms with Gasteiger partial charge in [0, 0.05) is 17.8 Å². The largest absolute Gasteiger partial charge is 0.309 e. The maximum absolute atomic E-state index is 14.6. The van der Waals surface area contributed by atoms with Crippen molar-refractivity contribution in [2.45, 2.75) is 25.0 Å². The smallest absolute Gasteiger partial charge is 0.266 e. The zero-order valence-corrected chi connectivity index (χ0v) is 18.9. The van der Waals surface area contributed by atoms with Gasteiger partial charge in [-0.1, -0.05) is 42.1 Å². The quantitative estimate of drug-likeness (QED) is 0.290. The van der Waals surface area contributed by atoms with E-state index in [0.717, 1.165) is 28.1 Å². The highest BCUT2D eigenvalue weighted by Crippen LogP contribution is 2.25. The van der Waals surface area contributed by atoms with Crippen molar-refractivity contribution in [3.05, 3.63) is 94.8 Å². The van der Waals surface area contributed by atoms with Crippen LogP contribution in [0.1, 0.15) is 13.8 Å². The lowest BCUT2D eigenvalue weighted by molar-refractivity contribution is -0.116. The van der Waals surface area contributed by atoms with E-state index >= 15 is 0 Å². The number of carbonyl (C=O) groups is 1. The lowest BCUT2D eigenvalue weighted by atomic mass is 10.2. The molecule has 1 heterocycles. The van der Waals surface area contributed by atoms with E-state index in [9.17, 15) is 18.4 Å². The van der Waals surface area contributed by atoms with Crippen LogP contribution < -0.4 is 10.5 Å². The van der Waals surface area contributed by atoms with Crippen molar-refractivity contribution in [3.8, 4) is 5.69 Å². The van der Waals surface area contributed by atoms with Crippen LogP contribution in [0.2, 0.25) is 0 Å². The van der Waals surface area contributed by atoms with Crippen molar-refractivity contribution in [1.29, 1.82) is 0 Å². The van der Waals surface area contributed by atoms with Crippen LogP contribution in [0.25, 0.3) is 16.6 Å². The Hall–Kier alpha value is -3.52. The molecular formula is C25H21F2N3O2S. The van der Waals surface area contributed by atoms with Gasteiger partial charge >= 0.3 is 0 Å². The summed E-state index contributed by atoms with van der Waals surface area (Å²) in [7, 11) is 0. The summed E-state index contributed by atoms with van der Waals surface area (Å²) in [6.07, 6.45) is 0.